The molecule has 7 heteroatoms. The monoisotopic (exact) mass is 347 g/mol. The molecule has 0 spiro atoms. The Morgan fingerprint density at radius 3 is 2.75 bits per heavy atom. The first-order valence-corrected chi connectivity index (χ1v) is 7.41. The summed E-state index contributed by atoms with van der Waals surface area (Å²) in [6, 6.07) is 7.24. The van der Waals surface area contributed by atoms with Gasteiger partial charge in [-0.05, 0) is 39.0 Å². The number of aromatic nitrogens is 1. The van der Waals surface area contributed by atoms with Gasteiger partial charge in [-0.25, -0.2) is 4.39 Å². The number of phenolic OH excluding ortho intramolecular Hbond substituents is 1. The number of hydrogen-bond donors (Lipinski definition) is 1. The number of nitriles is 1. The second-order valence-corrected chi connectivity index (χ2v) is 6.35. The number of oxime groups is 1. The van der Waals surface area contributed by atoms with Crippen molar-refractivity contribution in [1.82, 2.24) is 4.98 Å². The van der Waals surface area contributed by atoms with Crippen LogP contribution in [-0.2, 0) is 4.84 Å². The Balaban J connectivity index is 2.69. The first-order valence-electron chi connectivity index (χ1n) is 7.03. The zero-order valence-electron chi connectivity index (χ0n) is 13.3. The molecule has 0 aliphatic heterocycles. The van der Waals surface area contributed by atoms with E-state index in [-0.39, 0.29) is 33.3 Å². The van der Waals surface area contributed by atoms with Gasteiger partial charge in [0.25, 0.3) is 0 Å². The van der Waals surface area contributed by atoms with Gasteiger partial charge in [0.15, 0.2) is 0 Å². The number of hydrogen-bond acceptors (Lipinski definition) is 5. The highest BCUT2D eigenvalue weighted by Crippen LogP contribution is 2.28. The first-order chi connectivity index (χ1) is 11.2. The predicted octanol–water partition coefficient (Wildman–Crippen LogP) is 4.02. The fraction of sp³-hybridized carbons (Fsp3) is 0.235. The van der Waals surface area contributed by atoms with Crippen molar-refractivity contribution >= 4 is 17.3 Å². The molecule has 1 aromatic carbocycles. The zero-order valence-corrected chi connectivity index (χ0v) is 14.1. The van der Waals surface area contributed by atoms with E-state index in [4.69, 9.17) is 16.4 Å². The summed E-state index contributed by atoms with van der Waals surface area (Å²) in [5.74, 6) is -1.15. The third-order valence-corrected chi connectivity index (χ3v) is 3.15. The van der Waals surface area contributed by atoms with Crippen LogP contribution in [0, 0.1) is 17.1 Å². The largest absolute Gasteiger partial charge is 0.507 e. The van der Waals surface area contributed by atoms with Crippen molar-refractivity contribution in [2.24, 2.45) is 5.16 Å². The van der Waals surface area contributed by atoms with Crippen molar-refractivity contribution in [3.63, 3.8) is 0 Å². The minimum absolute atomic E-state index is 0.0847. The van der Waals surface area contributed by atoms with Crippen LogP contribution in [0.1, 0.15) is 37.6 Å². The van der Waals surface area contributed by atoms with E-state index in [2.05, 4.69) is 10.1 Å². The third-order valence-electron chi connectivity index (χ3n) is 2.86. The van der Waals surface area contributed by atoms with E-state index >= 15 is 0 Å². The second kappa shape index (κ2) is 6.85. The molecule has 24 heavy (non-hydrogen) atoms. The summed E-state index contributed by atoms with van der Waals surface area (Å²) in [6.45, 7) is 5.36. The lowest BCUT2D eigenvalue weighted by atomic mass is 10.0. The van der Waals surface area contributed by atoms with E-state index in [1.165, 1.54) is 12.3 Å². The molecule has 0 radical (unpaired) electrons. The van der Waals surface area contributed by atoms with Crippen molar-refractivity contribution in [2.75, 3.05) is 0 Å². The van der Waals surface area contributed by atoms with E-state index < -0.39 is 11.4 Å². The van der Waals surface area contributed by atoms with Crippen LogP contribution in [-0.4, -0.2) is 21.4 Å². The number of pyridine rings is 1. The Hall–Kier alpha value is -2.65. The lowest BCUT2D eigenvalue weighted by molar-refractivity contribution is 0.00111. The summed E-state index contributed by atoms with van der Waals surface area (Å²) in [6.07, 6.45) is 1.48. The van der Waals surface area contributed by atoms with Gasteiger partial charge in [0.05, 0.1) is 10.6 Å². The summed E-state index contributed by atoms with van der Waals surface area (Å²) < 4.78 is 13.5. The molecule has 0 saturated carbocycles. The average Bonchev–Trinajstić information content (AvgIpc) is 2.51. The number of aromatic hydroxyl groups is 1. The first kappa shape index (κ1) is 17.7. The average molecular weight is 348 g/mol. The van der Waals surface area contributed by atoms with Crippen LogP contribution in [0.15, 0.2) is 35.6 Å². The fourth-order valence-electron chi connectivity index (χ4n) is 1.81. The molecule has 1 heterocycles. The Bertz CT molecular complexity index is 839. The van der Waals surface area contributed by atoms with Crippen LogP contribution < -0.4 is 0 Å². The Kier molecular flexibility index (Phi) is 5.05. The number of nitrogens with zero attached hydrogens (tertiary/aromatic N) is 3. The molecule has 0 bridgehead atoms. The lowest BCUT2D eigenvalue weighted by Crippen LogP contribution is -2.18. The summed E-state index contributed by atoms with van der Waals surface area (Å²) in [5.41, 5.74) is 0.00452. The summed E-state index contributed by atoms with van der Waals surface area (Å²) in [4.78, 5) is 9.55. The summed E-state index contributed by atoms with van der Waals surface area (Å²) in [7, 11) is 0. The predicted molar refractivity (Wildman–Crippen MR) is 88.5 cm³/mol. The molecular formula is C17H15ClFN3O2. The molecule has 1 aromatic heterocycles. The minimum atomic E-state index is -0.768. The molecule has 1 N–H and O–H groups in total. The van der Waals surface area contributed by atoms with Crippen LogP contribution >= 0.6 is 11.6 Å². The molecular weight excluding hydrogens is 333 g/mol. The van der Waals surface area contributed by atoms with Gasteiger partial charge in [-0.15, -0.1) is 0 Å². The normalized spacial score (nSPS) is 11.9. The van der Waals surface area contributed by atoms with Crippen LogP contribution in [0.4, 0.5) is 4.39 Å². The maximum absolute atomic E-state index is 13.5. The topological polar surface area (TPSA) is 78.5 Å². The van der Waals surface area contributed by atoms with E-state index in [0.29, 0.717) is 0 Å². The van der Waals surface area contributed by atoms with E-state index in [1.807, 2.05) is 6.07 Å². The number of benzene rings is 1. The maximum atomic E-state index is 13.5. The quantitative estimate of drug-likeness (QED) is 0.672. The van der Waals surface area contributed by atoms with Crippen LogP contribution in [0.2, 0.25) is 5.02 Å². The standard InChI is InChI=1S/C17H15ClFN3O2/c1-17(2,3)24-22-16(15-10(9-20)5-4-6-21-15)11-7-12(18)13(19)8-14(11)23/h4-8,23H,1-3H3. The van der Waals surface area contributed by atoms with Crippen LogP contribution in [0.3, 0.4) is 0 Å². The highest BCUT2D eigenvalue weighted by atomic mass is 35.5. The summed E-state index contributed by atoms with van der Waals surface area (Å²) in [5, 5.41) is 23.2. The lowest BCUT2D eigenvalue weighted by Gasteiger charge is -2.18. The smallest absolute Gasteiger partial charge is 0.145 e. The highest BCUT2D eigenvalue weighted by Gasteiger charge is 2.21. The van der Waals surface area contributed by atoms with Gasteiger partial charge in [-0.3, -0.25) is 4.98 Å². The highest BCUT2D eigenvalue weighted by molar-refractivity contribution is 6.31. The van der Waals surface area contributed by atoms with E-state index in [1.54, 1.807) is 32.9 Å². The molecule has 5 nitrogen and oxygen atoms in total. The van der Waals surface area contributed by atoms with Gasteiger partial charge < -0.3 is 9.94 Å². The van der Waals surface area contributed by atoms with Gasteiger partial charge in [0.2, 0.25) is 0 Å². The molecule has 124 valence electrons. The maximum Gasteiger partial charge on any atom is 0.145 e. The van der Waals surface area contributed by atoms with E-state index in [0.717, 1.165) is 6.07 Å². The van der Waals surface area contributed by atoms with Crippen molar-refractivity contribution in [2.45, 2.75) is 26.4 Å². The van der Waals surface area contributed by atoms with Gasteiger partial charge in [0, 0.05) is 17.8 Å². The molecule has 0 saturated heterocycles. The van der Waals surface area contributed by atoms with Gasteiger partial charge in [0.1, 0.15) is 34.6 Å². The van der Waals surface area contributed by atoms with Gasteiger partial charge >= 0.3 is 0 Å². The number of phenols is 1. The minimum Gasteiger partial charge on any atom is -0.507 e. The summed E-state index contributed by atoms with van der Waals surface area (Å²) >= 11 is 5.81. The van der Waals surface area contributed by atoms with Crippen LogP contribution in [0.5, 0.6) is 5.75 Å². The number of halogens is 2. The van der Waals surface area contributed by atoms with Crippen molar-refractivity contribution < 1.29 is 14.3 Å². The molecule has 0 unspecified atom stereocenters. The van der Waals surface area contributed by atoms with Gasteiger partial charge in [-0.1, -0.05) is 16.8 Å². The molecule has 0 amide bonds. The zero-order chi connectivity index (χ0) is 17.9. The van der Waals surface area contributed by atoms with Crippen molar-refractivity contribution in [3.8, 4) is 11.8 Å². The van der Waals surface area contributed by atoms with Crippen molar-refractivity contribution in [1.29, 1.82) is 5.26 Å². The van der Waals surface area contributed by atoms with Crippen molar-refractivity contribution in [3.05, 3.63) is 58.1 Å². The van der Waals surface area contributed by atoms with E-state index in [9.17, 15) is 14.8 Å². The fourth-order valence-corrected chi connectivity index (χ4v) is 1.98. The SMILES string of the molecule is CC(C)(C)ON=C(c1cc(Cl)c(F)cc1O)c1ncccc1C#N. The third kappa shape index (κ3) is 4.00. The van der Waals surface area contributed by atoms with Crippen LogP contribution in [0.25, 0.3) is 0 Å². The molecule has 0 aliphatic rings. The molecule has 2 aromatic rings. The van der Waals surface area contributed by atoms with Gasteiger partial charge in [-0.2, -0.15) is 5.26 Å². The number of rotatable bonds is 3. The molecule has 0 fully saturated rings. The molecule has 2 rings (SSSR count). The Labute approximate surface area is 144 Å². The second-order valence-electron chi connectivity index (χ2n) is 5.94. The Morgan fingerprint density at radius 1 is 1.42 bits per heavy atom. The molecule has 0 atom stereocenters. The molecule has 0 aliphatic carbocycles. The Morgan fingerprint density at radius 2 is 2.12 bits per heavy atom.